The Kier molecular flexibility index (Phi) is 5.90. The van der Waals surface area contributed by atoms with Crippen LogP contribution in [0.15, 0.2) is 53.7 Å². The Morgan fingerprint density at radius 1 is 1.04 bits per heavy atom. The maximum absolute atomic E-state index is 5.75. The van der Waals surface area contributed by atoms with Crippen LogP contribution < -0.4 is 9.47 Å². The smallest absolute Gasteiger partial charge is 0.214 e. The highest BCUT2D eigenvalue weighted by Gasteiger charge is 2.09. The fourth-order valence-corrected chi connectivity index (χ4v) is 2.99. The van der Waals surface area contributed by atoms with E-state index in [9.17, 15) is 0 Å². The molecule has 0 unspecified atom stereocenters. The first-order valence-electron chi connectivity index (χ1n) is 8.10. The first-order chi connectivity index (χ1) is 12.3. The van der Waals surface area contributed by atoms with Crippen molar-refractivity contribution in [2.75, 3.05) is 19.0 Å². The van der Waals surface area contributed by atoms with Crippen LogP contribution in [0.25, 0.3) is 5.69 Å². The maximum Gasteiger partial charge on any atom is 0.214 e. The van der Waals surface area contributed by atoms with Crippen LogP contribution >= 0.6 is 11.8 Å². The van der Waals surface area contributed by atoms with Crippen LogP contribution in [-0.2, 0) is 0 Å². The average Bonchev–Trinajstić information content (AvgIpc) is 3.09. The van der Waals surface area contributed by atoms with Crippen LogP contribution in [0.4, 0.5) is 0 Å². The molecule has 0 saturated heterocycles. The van der Waals surface area contributed by atoms with E-state index in [-0.39, 0.29) is 0 Å². The Balaban J connectivity index is 1.52. The summed E-state index contributed by atoms with van der Waals surface area (Å²) in [5.41, 5.74) is 2.13. The van der Waals surface area contributed by atoms with Gasteiger partial charge in [-0.25, -0.2) is 0 Å². The van der Waals surface area contributed by atoms with Crippen molar-refractivity contribution in [2.45, 2.75) is 19.0 Å². The molecule has 0 bridgehead atoms. The molecule has 130 valence electrons. The molecule has 2 aromatic carbocycles. The van der Waals surface area contributed by atoms with Gasteiger partial charge in [0.2, 0.25) is 5.16 Å². The lowest BCUT2D eigenvalue weighted by atomic mass is 10.2. The minimum Gasteiger partial charge on any atom is -0.494 e. The zero-order valence-corrected chi connectivity index (χ0v) is 15.1. The lowest BCUT2D eigenvalue weighted by Gasteiger charge is -2.08. The van der Waals surface area contributed by atoms with Gasteiger partial charge in [0.1, 0.15) is 11.5 Å². The Hall–Kier alpha value is -2.54. The monoisotopic (exact) mass is 356 g/mol. The summed E-state index contributed by atoms with van der Waals surface area (Å²) < 4.78 is 12.9. The zero-order valence-electron chi connectivity index (χ0n) is 14.3. The predicted molar refractivity (Wildman–Crippen MR) is 97.7 cm³/mol. The first-order valence-corrected chi connectivity index (χ1v) is 9.08. The minimum atomic E-state index is 0.569. The molecule has 1 aromatic heterocycles. The van der Waals surface area contributed by atoms with Gasteiger partial charge in [0.15, 0.2) is 0 Å². The van der Waals surface area contributed by atoms with Gasteiger partial charge in [0, 0.05) is 5.75 Å². The van der Waals surface area contributed by atoms with Crippen LogP contribution in [0, 0.1) is 6.92 Å². The fraction of sp³-hybridized carbons (Fsp3) is 0.278. The van der Waals surface area contributed by atoms with E-state index in [1.165, 1.54) is 5.56 Å². The van der Waals surface area contributed by atoms with Crippen molar-refractivity contribution in [3.05, 3.63) is 54.1 Å². The van der Waals surface area contributed by atoms with E-state index in [4.69, 9.17) is 9.47 Å². The SMILES string of the molecule is CCOc1ccc(OCCSc2nnnn2-c2cccc(C)c2)cc1. The summed E-state index contributed by atoms with van der Waals surface area (Å²) in [6, 6.07) is 15.7. The van der Waals surface area contributed by atoms with Crippen molar-refractivity contribution < 1.29 is 9.47 Å². The van der Waals surface area contributed by atoms with Gasteiger partial charge in [-0.2, -0.15) is 4.68 Å². The second-order valence-electron chi connectivity index (χ2n) is 5.31. The average molecular weight is 356 g/mol. The summed E-state index contributed by atoms with van der Waals surface area (Å²) in [5.74, 6) is 2.42. The fourth-order valence-electron chi connectivity index (χ4n) is 2.28. The van der Waals surface area contributed by atoms with E-state index in [0.29, 0.717) is 13.2 Å². The molecule has 0 atom stereocenters. The molecule has 0 aliphatic carbocycles. The summed E-state index contributed by atoms with van der Waals surface area (Å²) in [6.07, 6.45) is 0. The number of thioether (sulfide) groups is 1. The standard InChI is InChI=1S/C18H20N4O2S/c1-3-23-16-7-9-17(10-8-16)24-11-12-25-18-19-20-21-22(18)15-6-4-5-14(2)13-15/h4-10,13H,3,11-12H2,1-2H3. The van der Waals surface area contributed by atoms with Gasteiger partial charge in [0.05, 0.1) is 18.9 Å². The third-order valence-corrected chi connectivity index (χ3v) is 4.29. The lowest BCUT2D eigenvalue weighted by molar-refractivity contribution is 0.332. The number of aromatic nitrogens is 4. The highest BCUT2D eigenvalue weighted by atomic mass is 32.2. The second kappa shape index (κ2) is 8.53. The molecular formula is C18H20N4O2S. The summed E-state index contributed by atoms with van der Waals surface area (Å²) in [5, 5.41) is 12.7. The Labute approximate surface area is 151 Å². The molecule has 0 spiro atoms. The van der Waals surface area contributed by atoms with Crippen molar-refractivity contribution in [1.29, 1.82) is 0 Å². The van der Waals surface area contributed by atoms with Crippen molar-refractivity contribution in [3.63, 3.8) is 0 Å². The third-order valence-electron chi connectivity index (χ3n) is 3.41. The summed E-state index contributed by atoms with van der Waals surface area (Å²) >= 11 is 1.56. The molecule has 1 heterocycles. The van der Waals surface area contributed by atoms with E-state index in [1.807, 2.05) is 56.3 Å². The van der Waals surface area contributed by atoms with Gasteiger partial charge >= 0.3 is 0 Å². The van der Waals surface area contributed by atoms with Gasteiger partial charge in [-0.3, -0.25) is 0 Å². The van der Waals surface area contributed by atoms with Crippen molar-refractivity contribution in [2.24, 2.45) is 0 Å². The highest BCUT2D eigenvalue weighted by Crippen LogP contribution is 2.20. The maximum atomic E-state index is 5.75. The molecule has 6 nitrogen and oxygen atoms in total. The molecular weight excluding hydrogens is 336 g/mol. The molecule has 3 aromatic rings. The normalized spacial score (nSPS) is 10.6. The van der Waals surface area contributed by atoms with Gasteiger partial charge in [-0.15, -0.1) is 5.10 Å². The lowest BCUT2D eigenvalue weighted by Crippen LogP contribution is -2.03. The van der Waals surface area contributed by atoms with Crippen LogP contribution in [0.3, 0.4) is 0 Å². The Bertz CT molecular complexity index is 805. The molecule has 0 aliphatic heterocycles. The molecule has 0 radical (unpaired) electrons. The zero-order chi connectivity index (χ0) is 17.5. The van der Waals surface area contributed by atoms with E-state index >= 15 is 0 Å². The summed E-state index contributed by atoms with van der Waals surface area (Å²) in [7, 11) is 0. The van der Waals surface area contributed by atoms with Gasteiger partial charge < -0.3 is 9.47 Å². The van der Waals surface area contributed by atoms with Crippen LogP contribution in [0.5, 0.6) is 11.5 Å². The molecule has 0 aliphatic rings. The van der Waals surface area contributed by atoms with E-state index in [1.54, 1.807) is 16.4 Å². The van der Waals surface area contributed by atoms with Crippen molar-refractivity contribution in [1.82, 2.24) is 20.2 Å². The number of tetrazole rings is 1. The van der Waals surface area contributed by atoms with Crippen LogP contribution in [-0.4, -0.2) is 39.2 Å². The van der Waals surface area contributed by atoms with Crippen molar-refractivity contribution >= 4 is 11.8 Å². The number of hydrogen-bond donors (Lipinski definition) is 0. The first kappa shape index (κ1) is 17.3. The topological polar surface area (TPSA) is 62.1 Å². The number of rotatable bonds is 8. The molecule has 7 heteroatoms. The van der Waals surface area contributed by atoms with Crippen LogP contribution in [0.1, 0.15) is 12.5 Å². The van der Waals surface area contributed by atoms with Crippen molar-refractivity contribution in [3.8, 4) is 17.2 Å². The summed E-state index contributed by atoms with van der Waals surface area (Å²) in [6.45, 7) is 5.24. The second-order valence-corrected chi connectivity index (χ2v) is 6.38. The number of ether oxygens (including phenoxy) is 2. The molecule has 0 fully saturated rings. The Morgan fingerprint density at radius 3 is 2.52 bits per heavy atom. The third kappa shape index (κ3) is 4.73. The van der Waals surface area contributed by atoms with Gasteiger partial charge in [0.25, 0.3) is 0 Å². The van der Waals surface area contributed by atoms with E-state index < -0.39 is 0 Å². The summed E-state index contributed by atoms with van der Waals surface area (Å²) in [4.78, 5) is 0. The molecule has 3 rings (SSSR count). The van der Waals surface area contributed by atoms with E-state index in [2.05, 4.69) is 21.6 Å². The minimum absolute atomic E-state index is 0.569. The quantitative estimate of drug-likeness (QED) is 0.454. The molecule has 0 N–H and O–H groups in total. The number of nitrogens with zero attached hydrogens (tertiary/aromatic N) is 4. The number of hydrogen-bond acceptors (Lipinski definition) is 6. The highest BCUT2D eigenvalue weighted by molar-refractivity contribution is 7.99. The molecule has 0 saturated carbocycles. The Morgan fingerprint density at radius 2 is 1.80 bits per heavy atom. The predicted octanol–water partition coefficient (Wildman–Crippen LogP) is 3.54. The number of benzene rings is 2. The molecule has 0 amide bonds. The van der Waals surface area contributed by atoms with E-state index in [0.717, 1.165) is 28.1 Å². The van der Waals surface area contributed by atoms with Gasteiger partial charge in [-0.1, -0.05) is 23.9 Å². The molecule has 25 heavy (non-hydrogen) atoms. The van der Waals surface area contributed by atoms with Gasteiger partial charge in [-0.05, 0) is 66.2 Å². The number of aryl methyl sites for hydroxylation is 1. The largest absolute Gasteiger partial charge is 0.494 e. The van der Waals surface area contributed by atoms with Crippen LogP contribution in [0.2, 0.25) is 0 Å².